The predicted octanol–water partition coefficient (Wildman–Crippen LogP) is 2.67. The standard InChI is InChI=1S/C26H32N4O4/c27-25(32)22-13-20(16-28-17-22)14-24(31)29-9-11-30(12-10-29)26(33)21-7-4-8-23(15-21)34-18-19-5-2-1-3-6-19/h4,7-8,13,15-17,19H,1-3,5-6,9-12,14,18H2,(H2,27,32). The van der Waals surface area contributed by atoms with Gasteiger partial charge in [-0.2, -0.15) is 0 Å². The van der Waals surface area contributed by atoms with Crippen LogP contribution in [0.3, 0.4) is 0 Å². The maximum Gasteiger partial charge on any atom is 0.254 e. The van der Waals surface area contributed by atoms with Crippen LogP contribution in [0.1, 0.15) is 58.4 Å². The van der Waals surface area contributed by atoms with E-state index in [4.69, 9.17) is 10.5 Å². The van der Waals surface area contributed by atoms with Gasteiger partial charge in [-0.1, -0.05) is 25.3 Å². The van der Waals surface area contributed by atoms with Gasteiger partial charge in [0.1, 0.15) is 5.75 Å². The van der Waals surface area contributed by atoms with E-state index in [0.717, 1.165) is 5.75 Å². The van der Waals surface area contributed by atoms with Gasteiger partial charge in [-0.15, -0.1) is 0 Å². The van der Waals surface area contributed by atoms with Crippen molar-refractivity contribution in [3.63, 3.8) is 0 Å². The third-order valence-corrected chi connectivity index (χ3v) is 6.65. The summed E-state index contributed by atoms with van der Waals surface area (Å²) in [6, 6.07) is 8.99. The summed E-state index contributed by atoms with van der Waals surface area (Å²) in [5.41, 5.74) is 6.82. The van der Waals surface area contributed by atoms with E-state index in [1.165, 1.54) is 38.3 Å². The van der Waals surface area contributed by atoms with Gasteiger partial charge in [0.05, 0.1) is 18.6 Å². The summed E-state index contributed by atoms with van der Waals surface area (Å²) in [4.78, 5) is 44.6. The minimum atomic E-state index is -0.572. The molecule has 0 spiro atoms. The van der Waals surface area contributed by atoms with Crippen LogP contribution in [0.25, 0.3) is 0 Å². The van der Waals surface area contributed by atoms with Gasteiger partial charge in [0, 0.05) is 44.1 Å². The zero-order chi connectivity index (χ0) is 23.9. The number of primary amides is 1. The maximum absolute atomic E-state index is 13.0. The molecule has 2 aromatic rings. The van der Waals surface area contributed by atoms with Crippen LogP contribution in [0.5, 0.6) is 5.75 Å². The van der Waals surface area contributed by atoms with Crippen LogP contribution in [0.4, 0.5) is 0 Å². The molecule has 2 heterocycles. The van der Waals surface area contributed by atoms with Crippen molar-refractivity contribution in [3.05, 3.63) is 59.4 Å². The normalized spacial score (nSPS) is 16.8. The van der Waals surface area contributed by atoms with E-state index in [0.29, 0.717) is 49.8 Å². The van der Waals surface area contributed by atoms with Crippen molar-refractivity contribution in [1.82, 2.24) is 14.8 Å². The summed E-state index contributed by atoms with van der Waals surface area (Å²) < 4.78 is 5.99. The first-order valence-electron chi connectivity index (χ1n) is 12.0. The van der Waals surface area contributed by atoms with Crippen LogP contribution in [0.2, 0.25) is 0 Å². The molecule has 2 N–H and O–H groups in total. The Labute approximate surface area is 200 Å². The highest BCUT2D eigenvalue weighted by molar-refractivity contribution is 5.95. The topological polar surface area (TPSA) is 106 Å². The molecule has 2 fully saturated rings. The lowest BCUT2D eigenvalue weighted by molar-refractivity contribution is -0.131. The van der Waals surface area contributed by atoms with E-state index in [2.05, 4.69) is 4.98 Å². The number of ether oxygens (including phenoxy) is 1. The number of rotatable bonds is 7. The molecule has 3 amide bonds. The summed E-state index contributed by atoms with van der Waals surface area (Å²) in [6.45, 7) is 2.57. The Morgan fingerprint density at radius 1 is 0.941 bits per heavy atom. The number of hydrogen-bond acceptors (Lipinski definition) is 5. The van der Waals surface area contributed by atoms with E-state index < -0.39 is 5.91 Å². The summed E-state index contributed by atoms with van der Waals surface area (Å²) in [5.74, 6) is 0.657. The molecule has 1 aliphatic heterocycles. The summed E-state index contributed by atoms with van der Waals surface area (Å²) in [5, 5.41) is 0. The fourth-order valence-corrected chi connectivity index (χ4v) is 4.63. The Bertz CT molecular complexity index is 1030. The highest BCUT2D eigenvalue weighted by Crippen LogP contribution is 2.25. The third kappa shape index (κ3) is 6.12. The van der Waals surface area contributed by atoms with Crippen molar-refractivity contribution in [2.24, 2.45) is 11.7 Å². The van der Waals surface area contributed by atoms with Crippen molar-refractivity contribution >= 4 is 17.7 Å². The fraction of sp³-hybridized carbons (Fsp3) is 0.462. The van der Waals surface area contributed by atoms with E-state index in [1.807, 2.05) is 24.3 Å². The molecule has 4 rings (SSSR count). The summed E-state index contributed by atoms with van der Waals surface area (Å²) in [7, 11) is 0. The molecule has 34 heavy (non-hydrogen) atoms. The summed E-state index contributed by atoms with van der Waals surface area (Å²) >= 11 is 0. The van der Waals surface area contributed by atoms with E-state index in [-0.39, 0.29) is 23.8 Å². The van der Waals surface area contributed by atoms with E-state index >= 15 is 0 Å². The Morgan fingerprint density at radius 3 is 2.41 bits per heavy atom. The lowest BCUT2D eigenvalue weighted by Crippen LogP contribution is -2.51. The molecule has 8 heteroatoms. The first-order valence-corrected chi connectivity index (χ1v) is 12.0. The predicted molar refractivity (Wildman–Crippen MR) is 127 cm³/mol. The van der Waals surface area contributed by atoms with E-state index in [1.54, 1.807) is 22.1 Å². The molecule has 2 aliphatic rings. The molecule has 0 unspecified atom stereocenters. The summed E-state index contributed by atoms with van der Waals surface area (Å²) in [6.07, 6.45) is 9.39. The number of benzene rings is 1. The largest absolute Gasteiger partial charge is 0.493 e. The van der Waals surface area contributed by atoms with E-state index in [9.17, 15) is 14.4 Å². The van der Waals surface area contributed by atoms with Crippen LogP contribution in [-0.2, 0) is 11.2 Å². The van der Waals surface area contributed by atoms with Crippen molar-refractivity contribution in [2.45, 2.75) is 38.5 Å². The molecule has 1 saturated carbocycles. The molecule has 0 atom stereocenters. The average molecular weight is 465 g/mol. The van der Waals surface area contributed by atoms with Crippen molar-refractivity contribution in [1.29, 1.82) is 0 Å². The first-order chi connectivity index (χ1) is 16.5. The Morgan fingerprint density at radius 2 is 1.68 bits per heavy atom. The van der Waals surface area contributed by atoms with Crippen LogP contribution in [0, 0.1) is 5.92 Å². The van der Waals surface area contributed by atoms with Gasteiger partial charge in [-0.25, -0.2) is 0 Å². The molecular formula is C26H32N4O4. The zero-order valence-corrected chi connectivity index (χ0v) is 19.4. The molecule has 1 aromatic heterocycles. The number of amides is 3. The smallest absolute Gasteiger partial charge is 0.254 e. The number of aromatic nitrogens is 1. The van der Waals surface area contributed by atoms with Gasteiger partial charge in [0.15, 0.2) is 0 Å². The minimum Gasteiger partial charge on any atom is -0.493 e. The monoisotopic (exact) mass is 464 g/mol. The molecule has 1 saturated heterocycles. The molecule has 0 radical (unpaired) electrons. The van der Waals surface area contributed by atoms with Gasteiger partial charge in [0.25, 0.3) is 5.91 Å². The Balaban J connectivity index is 1.28. The number of piperazine rings is 1. The number of nitrogens with zero attached hydrogens (tertiary/aromatic N) is 3. The SMILES string of the molecule is NC(=O)c1cncc(CC(=O)N2CCN(C(=O)c3cccc(OCC4CCCCC4)c3)CC2)c1. The lowest BCUT2D eigenvalue weighted by Gasteiger charge is -2.35. The number of carbonyl (C=O) groups excluding carboxylic acids is 3. The second kappa shape index (κ2) is 11.1. The number of pyridine rings is 1. The fourth-order valence-electron chi connectivity index (χ4n) is 4.63. The van der Waals surface area contributed by atoms with Gasteiger partial charge in [-0.05, 0) is 48.6 Å². The van der Waals surface area contributed by atoms with Gasteiger partial charge in [0.2, 0.25) is 11.8 Å². The van der Waals surface area contributed by atoms with Crippen LogP contribution >= 0.6 is 0 Å². The first kappa shape index (κ1) is 23.7. The number of carbonyl (C=O) groups is 3. The number of nitrogens with two attached hydrogens (primary N) is 1. The van der Waals surface area contributed by atoms with Crippen molar-refractivity contribution < 1.29 is 19.1 Å². The van der Waals surface area contributed by atoms with Crippen LogP contribution in [-0.4, -0.2) is 65.3 Å². The molecule has 1 aliphatic carbocycles. The highest BCUT2D eigenvalue weighted by atomic mass is 16.5. The number of hydrogen-bond donors (Lipinski definition) is 1. The Hall–Kier alpha value is -3.42. The third-order valence-electron chi connectivity index (χ3n) is 6.65. The van der Waals surface area contributed by atoms with Crippen LogP contribution < -0.4 is 10.5 Å². The van der Waals surface area contributed by atoms with Crippen molar-refractivity contribution in [3.8, 4) is 5.75 Å². The molecule has 8 nitrogen and oxygen atoms in total. The molecule has 180 valence electrons. The molecule has 1 aromatic carbocycles. The highest BCUT2D eigenvalue weighted by Gasteiger charge is 2.25. The maximum atomic E-state index is 13.0. The van der Waals surface area contributed by atoms with Gasteiger partial charge >= 0.3 is 0 Å². The van der Waals surface area contributed by atoms with Crippen LogP contribution in [0.15, 0.2) is 42.7 Å². The molecule has 0 bridgehead atoms. The van der Waals surface area contributed by atoms with Gasteiger partial charge in [-0.3, -0.25) is 19.4 Å². The minimum absolute atomic E-state index is 0.0476. The average Bonchev–Trinajstić information content (AvgIpc) is 2.88. The Kier molecular flexibility index (Phi) is 7.77. The molecular weight excluding hydrogens is 432 g/mol. The van der Waals surface area contributed by atoms with Gasteiger partial charge < -0.3 is 20.3 Å². The quantitative estimate of drug-likeness (QED) is 0.678. The second-order valence-corrected chi connectivity index (χ2v) is 9.14. The lowest BCUT2D eigenvalue weighted by atomic mass is 9.90. The second-order valence-electron chi connectivity index (χ2n) is 9.14. The zero-order valence-electron chi connectivity index (χ0n) is 19.4. The van der Waals surface area contributed by atoms with Crippen molar-refractivity contribution in [2.75, 3.05) is 32.8 Å².